The lowest BCUT2D eigenvalue weighted by molar-refractivity contribution is -0.901. The van der Waals surface area contributed by atoms with E-state index in [2.05, 4.69) is 0 Å². The van der Waals surface area contributed by atoms with Crippen LogP contribution in [0.1, 0.15) is 34.3 Å². The smallest absolute Gasteiger partial charge is 0.231 e. The van der Waals surface area contributed by atoms with Gasteiger partial charge in [-0.05, 0) is 18.2 Å². The maximum absolute atomic E-state index is 12.9. The second-order valence-corrected chi connectivity index (χ2v) is 7.71. The Morgan fingerprint density at radius 2 is 1.96 bits per heavy atom. The molecule has 0 unspecified atom stereocenters. The van der Waals surface area contributed by atoms with E-state index in [1.165, 1.54) is 23.8 Å². The van der Waals surface area contributed by atoms with Crippen molar-refractivity contribution in [3.63, 3.8) is 0 Å². The van der Waals surface area contributed by atoms with Gasteiger partial charge < -0.3 is 19.3 Å². The van der Waals surface area contributed by atoms with Crippen molar-refractivity contribution < 1.29 is 19.5 Å². The van der Waals surface area contributed by atoms with Crippen LogP contribution in [0.25, 0.3) is 17.0 Å². The van der Waals surface area contributed by atoms with E-state index in [4.69, 9.17) is 4.74 Å². The lowest BCUT2D eigenvalue weighted by Gasteiger charge is -2.19. The maximum Gasteiger partial charge on any atom is 0.231 e. The van der Waals surface area contributed by atoms with Gasteiger partial charge in [0, 0.05) is 48.1 Å². The molecule has 5 nitrogen and oxygen atoms in total. The van der Waals surface area contributed by atoms with Gasteiger partial charge in [-0.2, -0.15) is 0 Å². The molecular weight excluding hydrogens is 352 g/mol. The molecule has 0 radical (unpaired) electrons. The summed E-state index contributed by atoms with van der Waals surface area (Å²) < 4.78 is 8.03. The number of aromatic nitrogens is 1. The Balaban J connectivity index is 1.54. The highest BCUT2D eigenvalue weighted by Gasteiger charge is 2.31. The Morgan fingerprint density at radius 3 is 2.79 bits per heavy atom. The molecule has 3 aromatic rings. The van der Waals surface area contributed by atoms with Crippen molar-refractivity contribution in [3.05, 3.63) is 65.0 Å². The van der Waals surface area contributed by atoms with Crippen molar-refractivity contribution in [2.75, 3.05) is 13.1 Å². The van der Waals surface area contributed by atoms with Crippen LogP contribution < -0.4 is 14.7 Å². The van der Waals surface area contributed by atoms with Gasteiger partial charge in [-0.15, -0.1) is 0 Å². The van der Waals surface area contributed by atoms with Crippen LogP contribution in [0.3, 0.4) is 0 Å². The van der Waals surface area contributed by atoms with Crippen LogP contribution in [-0.4, -0.2) is 23.4 Å². The van der Waals surface area contributed by atoms with Crippen molar-refractivity contribution in [2.45, 2.75) is 19.4 Å². The number of para-hydroxylation sites is 1. The molecule has 1 N–H and O–H groups in total. The van der Waals surface area contributed by atoms with Crippen LogP contribution in [0.4, 0.5) is 0 Å². The summed E-state index contributed by atoms with van der Waals surface area (Å²) in [6.07, 6.45) is 6.16. The molecule has 0 bridgehead atoms. The van der Waals surface area contributed by atoms with Crippen LogP contribution in [0.5, 0.6) is 11.5 Å². The fourth-order valence-electron chi connectivity index (χ4n) is 4.39. The number of hydrogen-bond donors (Lipinski definition) is 1. The van der Waals surface area contributed by atoms with Gasteiger partial charge in [-0.1, -0.05) is 30.0 Å². The average Bonchev–Trinajstić information content (AvgIpc) is 3.39. The van der Waals surface area contributed by atoms with E-state index in [0.717, 1.165) is 29.6 Å². The normalized spacial score (nSPS) is 18.2. The predicted octanol–water partition coefficient (Wildman–Crippen LogP) is 2.05. The summed E-state index contributed by atoms with van der Waals surface area (Å²) in [7, 11) is 1.98. The highest BCUT2D eigenvalue weighted by molar-refractivity contribution is 6.15. The molecule has 5 rings (SSSR count). The lowest BCUT2D eigenvalue weighted by Crippen LogP contribution is -3.08. The molecular formula is C23H22N2O3. The number of fused-ring (bicyclic) bond motifs is 2. The van der Waals surface area contributed by atoms with Gasteiger partial charge in [0.05, 0.1) is 18.7 Å². The molecule has 28 heavy (non-hydrogen) atoms. The van der Waals surface area contributed by atoms with E-state index in [-0.39, 0.29) is 17.3 Å². The number of ketones is 1. The highest BCUT2D eigenvalue weighted by Crippen LogP contribution is 2.38. The van der Waals surface area contributed by atoms with Gasteiger partial charge in [0.1, 0.15) is 12.3 Å². The number of aryl methyl sites for hydroxylation is 1. The zero-order valence-electron chi connectivity index (χ0n) is 15.8. The summed E-state index contributed by atoms with van der Waals surface area (Å²) in [6.45, 7) is 2.75. The molecule has 5 heteroatoms. The van der Waals surface area contributed by atoms with Crippen molar-refractivity contribution >= 4 is 22.8 Å². The number of Topliss-reactive ketones (excluding diaryl/α,β-unsaturated/α-hetero) is 1. The number of ether oxygens (including phenoxy) is 1. The molecule has 0 amide bonds. The molecule has 142 valence electrons. The Hall–Kier alpha value is -3.05. The first kappa shape index (κ1) is 17.1. The Kier molecular flexibility index (Phi) is 3.98. The predicted molar refractivity (Wildman–Crippen MR) is 105 cm³/mol. The third kappa shape index (κ3) is 2.70. The third-order valence-corrected chi connectivity index (χ3v) is 5.85. The molecule has 2 aliphatic heterocycles. The topological polar surface area (TPSA) is 58.7 Å². The Bertz CT molecular complexity index is 1120. The number of quaternary nitrogens is 1. The molecule has 1 fully saturated rings. The van der Waals surface area contributed by atoms with E-state index in [1.54, 1.807) is 12.1 Å². The van der Waals surface area contributed by atoms with Crippen molar-refractivity contribution in [1.82, 2.24) is 4.57 Å². The van der Waals surface area contributed by atoms with Gasteiger partial charge in [0.15, 0.2) is 5.76 Å². The van der Waals surface area contributed by atoms with Crippen molar-refractivity contribution in [3.8, 4) is 11.5 Å². The summed E-state index contributed by atoms with van der Waals surface area (Å²) >= 11 is 0. The first-order chi connectivity index (χ1) is 13.6. The second-order valence-electron chi connectivity index (χ2n) is 7.71. The van der Waals surface area contributed by atoms with Crippen LogP contribution in [0.15, 0.2) is 48.4 Å². The van der Waals surface area contributed by atoms with Crippen molar-refractivity contribution in [1.29, 1.82) is 0 Å². The van der Waals surface area contributed by atoms with Gasteiger partial charge >= 0.3 is 0 Å². The standard InChI is InChI=1S/C23H22N2O3/c1-24-13-15(16-6-2-3-7-19(16)24)12-21-22(27)17-8-9-20(26)18(23(17)28-21)14-25-10-4-5-11-25/h2-3,6-9,12-13,26H,4-5,10-11,14H2,1H3. The summed E-state index contributed by atoms with van der Waals surface area (Å²) in [5, 5.41) is 13.6. The number of nitrogens with zero attached hydrogens (tertiary/aromatic N) is 1. The minimum absolute atomic E-state index is 0.0441. The highest BCUT2D eigenvalue weighted by atomic mass is 16.5. The molecule has 3 heterocycles. The number of likely N-dealkylation sites (tertiary alicyclic amines) is 1. The molecule has 0 spiro atoms. The van der Waals surface area contributed by atoms with Gasteiger partial charge in [0.25, 0.3) is 0 Å². The van der Waals surface area contributed by atoms with E-state index in [9.17, 15) is 9.90 Å². The summed E-state index contributed by atoms with van der Waals surface area (Å²) in [5.41, 5.74) is 3.16. The van der Waals surface area contributed by atoms with Crippen LogP contribution >= 0.6 is 0 Å². The molecule has 0 saturated carbocycles. The van der Waals surface area contributed by atoms with E-state index in [0.29, 0.717) is 23.4 Å². The number of benzene rings is 2. The number of carbonyl (C=O) groups excluding carboxylic acids is 1. The molecule has 1 saturated heterocycles. The second kappa shape index (κ2) is 6.53. The summed E-state index contributed by atoms with van der Waals surface area (Å²) in [5.74, 6) is 0.552. The quantitative estimate of drug-likeness (QED) is 0.714. The number of nitrogens with one attached hydrogen (secondary N) is 1. The zero-order chi connectivity index (χ0) is 19.3. The fourth-order valence-corrected chi connectivity index (χ4v) is 4.39. The van der Waals surface area contributed by atoms with Crippen LogP contribution in [0, 0.1) is 0 Å². The molecule has 2 aliphatic rings. The van der Waals surface area contributed by atoms with Crippen molar-refractivity contribution in [2.24, 2.45) is 7.05 Å². The lowest BCUT2D eigenvalue weighted by atomic mass is 10.0. The van der Waals surface area contributed by atoms with E-state index in [1.807, 2.05) is 42.1 Å². The largest absolute Gasteiger partial charge is 0.872 e. The third-order valence-electron chi connectivity index (χ3n) is 5.85. The first-order valence-electron chi connectivity index (χ1n) is 9.76. The monoisotopic (exact) mass is 374 g/mol. The Labute approximate surface area is 163 Å². The molecule has 0 atom stereocenters. The van der Waals surface area contributed by atoms with E-state index < -0.39 is 0 Å². The van der Waals surface area contributed by atoms with Gasteiger partial charge in [-0.25, -0.2) is 0 Å². The fraction of sp³-hybridized carbons (Fsp3) is 0.261. The molecule has 0 aliphatic carbocycles. The number of carbonyl (C=O) groups is 1. The zero-order valence-corrected chi connectivity index (χ0v) is 15.8. The van der Waals surface area contributed by atoms with Crippen LogP contribution in [-0.2, 0) is 13.6 Å². The summed E-state index contributed by atoms with van der Waals surface area (Å²) in [4.78, 5) is 14.3. The number of allylic oxidation sites excluding steroid dienone is 1. The van der Waals surface area contributed by atoms with Gasteiger partial charge in [-0.3, -0.25) is 4.79 Å². The average molecular weight is 374 g/mol. The molecule has 2 aromatic carbocycles. The maximum atomic E-state index is 12.9. The van der Waals surface area contributed by atoms with Gasteiger partial charge in [0.2, 0.25) is 5.78 Å². The number of hydrogen-bond acceptors (Lipinski definition) is 3. The summed E-state index contributed by atoms with van der Waals surface area (Å²) in [6, 6.07) is 11.2. The van der Waals surface area contributed by atoms with E-state index >= 15 is 0 Å². The Morgan fingerprint density at radius 1 is 1.18 bits per heavy atom. The minimum atomic E-state index is -0.152. The first-order valence-corrected chi connectivity index (χ1v) is 9.76. The molecule has 1 aromatic heterocycles. The SMILES string of the molecule is Cn1cc(C=C2Oc3c(ccc([O-])c3C[NH+]3CCCC3)C2=O)c2ccccc21. The van der Waals surface area contributed by atoms with Crippen LogP contribution in [0.2, 0.25) is 0 Å². The minimum Gasteiger partial charge on any atom is -0.872 e. The number of rotatable bonds is 3.